The molecule has 0 saturated carbocycles. The summed E-state index contributed by atoms with van der Waals surface area (Å²) < 4.78 is 0. The van der Waals surface area contributed by atoms with E-state index in [1.807, 2.05) is 55.5 Å². The van der Waals surface area contributed by atoms with Gasteiger partial charge in [0.25, 0.3) is 5.91 Å². The standard InChI is InChI=1S/C26H35N3O2/c1-4-5-11-25(30)28-22-12-13-24(29-16-14-19(2)15-17-29)23(18-22)26(31)27-20(3)21-9-7-6-8-10-21/h6-10,12-13,18-20H,4-5,11,14-17H2,1-3H3,(H,27,31)(H,28,30)/t20-/m1/s1. The van der Waals surface area contributed by atoms with Crippen molar-refractivity contribution < 1.29 is 9.59 Å². The molecule has 0 spiro atoms. The summed E-state index contributed by atoms with van der Waals surface area (Å²) in [5.41, 5.74) is 3.29. The van der Waals surface area contributed by atoms with Gasteiger partial charge in [0.1, 0.15) is 0 Å². The SMILES string of the molecule is CCCCC(=O)Nc1ccc(N2CCC(C)CC2)c(C(=O)N[C@H](C)c2ccccc2)c1. The summed E-state index contributed by atoms with van der Waals surface area (Å²) in [5.74, 6) is 0.587. The lowest BCUT2D eigenvalue weighted by Crippen LogP contribution is -2.35. The van der Waals surface area contributed by atoms with Crippen LogP contribution in [0, 0.1) is 5.92 Å². The first-order chi connectivity index (χ1) is 15.0. The van der Waals surface area contributed by atoms with Crippen molar-refractivity contribution in [1.82, 2.24) is 5.32 Å². The third kappa shape index (κ3) is 6.33. The number of nitrogens with one attached hydrogen (secondary N) is 2. The van der Waals surface area contributed by atoms with Crippen LogP contribution in [0.25, 0.3) is 0 Å². The lowest BCUT2D eigenvalue weighted by atomic mass is 9.97. The van der Waals surface area contributed by atoms with E-state index in [4.69, 9.17) is 0 Å². The summed E-state index contributed by atoms with van der Waals surface area (Å²) in [6.45, 7) is 8.22. The first-order valence-corrected chi connectivity index (χ1v) is 11.5. The Hall–Kier alpha value is -2.82. The van der Waals surface area contributed by atoms with E-state index in [1.165, 1.54) is 0 Å². The van der Waals surface area contributed by atoms with Gasteiger partial charge in [-0.2, -0.15) is 0 Å². The predicted octanol–water partition coefficient (Wildman–Crippen LogP) is 5.54. The molecule has 1 aliphatic heterocycles. The fraction of sp³-hybridized carbons (Fsp3) is 0.462. The van der Waals surface area contributed by atoms with Gasteiger partial charge < -0.3 is 15.5 Å². The molecule has 1 fully saturated rings. The largest absolute Gasteiger partial charge is 0.371 e. The van der Waals surface area contributed by atoms with Gasteiger partial charge in [-0.1, -0.05) is 50.6 Å². The van der Waals surface area contributed by atoms with Gasteiger partial charge >= 0.3 is 0 Å². The predicted molar refractivity (Wildman–Crippen MR) is 128 cm³/mol. The van der Waals surface area contributed by atoms with Crippen molar-refractivity contribution in [3.63, 3.8) is 0 Å². The highest BCUT2D eigenvalue weighted by Crippen LogP contribution is 2.29. The normalized spacial score (nSPS) is 15.4. The Labute approximate surface area is 186 Å². The van der Waals surface area contributed by atoms with E-state index < -0.39 is 0 Å². The maximum atomic E-state index is 13.3. The number of rotatable bonds is 8. The molecule has 2 N–H and O–H groups in total. The number of anilines is 2. The number of piperidine rings is 1. The summed E-state index contributed by atoms with van der Waals surface area (Å²) in [7, 11) is 0. The molecule has 3 rings (SSSR count). The molecule has 5 heteroatoms. The van der Waals surface area contributed by atoms with Crippen molar-refractivity contribution in [2.75, 3.05) is 23.3 Å². The van der Waals surface area contributed by atoms with Crippen LogP contribution in [-0.2, 0) is 4.79 Å². The number of unbranched alkanes of at least 4 members (excludes halogenated alkanes) is 1. The molecule has 166 valence electrons. The van der Waals surface area contributed by atoms with Crippen LogP contribution in [0.3, 0.4) is 0 Å². The van der Waals surface area contributed by atoms with Crippen LogP contribution in [0.15, 0.2) is 48.5 Å². The monoisotopic (exact) mass is 421 g/mol. The van der Waals surface area contributed by atoms with E-state index in [-0.39, 0.29) is 17.9 Å². The Bertz CT molecular complexity index is 873. The van der Waals surface area contributed by atoms with Crippen molar-refractivity contribution >= 4 is 23.2 Å². The topological polar surface area (TPSA) is 61.4 Å². The number of nitrogens with zero attached hydrogens (tertiary/aromatic N) is 1. The number of hydrogen-bond acceptors (Lipinski definition) is 3. The van der Waals surface area contributed by atoms with E-state index >= 15 is 0 Å². The van der Waals surface area contributed by atoms with Crippen molar-refractivity contribution in [3.8, 4) is 0 Å². The quantitative estimate of drug-likeness (QED) is 0.588. The van der Waals surface area contributed by atoms with E-state index in [1.54, 1.807) is 0 Å². The van der Waals surface area contributed by atoms with E-state index in [0.717, 1.165) is 50.0 Å². The molecule has 0 bridgehead atoms. The summed E-state index contributed by atoms with van der Waals surface area (Å²) in [4.78, 5) is 27.8. The Morgan fingerprint density at radius 2 is 1.81 bits per heavy atom. The average Bonchev–Trinajstić information content (AvgIpc) is 2.79. The second kappa shape index (κ2) is 11.0. The van der Waals surface area contributed by atoms with Crippen LogP contribution in [-0.4, -0.2) is 24.9 Å². The maximum Gasteiger partial charge on any atom is 0.253 e. The zero-order valence-electron chi connectivity index (χ0n) is 19.0. The van der Waals surface area contributed by atoms with Crippen LogP contribution >= 0.6 is 0 Å². The Morgan fingerprint density at radius 1 is 1.10 bits per heavy atom. The molecule has 0 aliphatic carbocycles. The number of hydrogen-bond donors (Lipinski definition) is 2. The molecule has 2 amide bonds. The number of carbonyl (C=O) groups excluding carboxylic acids is 2. The third-order valence-electron chi connectivity index (χ3n) is 6.05. The van der Waals surface area contributed by atoms with Gasteiger partial charge in [-0.25, -0.2) is 0 Å². The van der Waals surface area contributed by atoms with Gasteiger partial charge in [-0.05, 0) is 55.9 Å². The molecule has 5 nitrogen and oxygen atoms in total. The number of carbonyl (C=O) groups is 2. The number of benzene rings is 2. The van der Waals surface area contributed by atoms with Gasteiger partial charge in [-0.3, -0.25) is 9.59 Å². The van der Waals surface area contributed by atoms with Gasteiger partial charge in [0.2, 0.25) is 5.91 Å². The summed E-state index contributed by atoms with van der Waals surface area (Å²) in [6.07, 6.45) is 4.57. The maximum absolute atomic E-state index is 13.3. The Morgan fingerprint density at radius 3 is 2.48 bits per heavy atom. The van der Waals surface area contributed by atoms with Crippen LogP contribution in [0.1, 0.15) is 74.8 Å². The summed E-state index contributed by atoms with van der Waals surface area (Å²) in [6, 6.07) is 15.6. The minimum Gasteiger partial charge on any atom is -0.371 e. The molecule has 2 aromatic carbocycles. The van der Waals surface area contributed by atoms with Crippen LogP contribution in [0.5, 0.6) is 0 Å². The second-order valence-electron chi connectivity index (χ2n) is 8.66. The Balaban J connectivity index is 1.83. The van der Waals surface area contributed by atoms with Crippen molar-refractivity contribution in [2.24, 2.45) is 5.92 Å². The van der Waals surface area contributed by atoms with E-state index in [9.17, 15) is 9.59 Å². The zero-order valence-corrected chi connectivity index (χ0v) is 19.0. The highest BCUT2D eigenvalue weighted by Gasteiger charge is 2.23. The lowest BCUT2D eigenvalue weighted by Gasteiger charge is -2.33. The molecular formula is C26H35N3O2. The molecule has 1 aliphatic rings. The van der Waals surface area contributed by atoms with Crippen molar-refractivity contribution in [1.29, 1.82) is 0 Å². The third-order valence-corrected chi connectivity index (χ3v) is 6.05. The minimum atomic E-state index is -0.116. The summed E-state index contributed by atoms with van der Waals surface area (Å²) in [5, 5.41) is 6.09. The average molecular weight is 422 g/mol. The molecular weight excluding hydrogens is 386 g/mol. The fourth-order valence-electron chi connectivity index (χ4n) is 3.98. The van der Waals surface area contributed by atoms with Gasteiger partial charge in [0.05, 0.1) is 11.6 Å². The molecule has 31 heavy (non-hydrogen) atoms. The molecule has 0 radical (unpaired) electrons. The smallest absolute Gasteiger partial charge is 0.253 e. The molecule has 2 aromatic rings. The zero-order chi connectivity index (χ0) is 22.2. The number of amides is 2. The van der Waals surface area contributed by atoms with Crippen LogP contribution < -0.4 is 15.5 Å². The minimum absolute atomic E-state index is 0.00888. The van der Waals surface area contributed by atoms with Crippen molar-refractivity contribution in [2.45, 2.75) is 58.9 Å². The highest BCUT2D eigenvalue weighted by atomic mass is 16.2. The molecule has 0 aromatic heterocycles. The van der Waals surface area contributed by atoms with E-state index in [0.29, 0.717) is 23.6 Å². The first-order valence-electron chi connectivity index (χ1n) is 11.5. The summed E-state index contributed by atoms with van der Waals surface area (Å²) >= 11 is 0. The molecule has 0 unspecified atom stereocenters. The van der Waals surface area contributed by atoms with Gasteiger partial charge in [0.15, 0.2) is 0 Å². The van der Waals surface area contributed by atoms with Gasteiger partial charge in [0, 0.05) is 30.9 Å². The van der Waals surface area contributed by atoms with Crippen molar-refractivity contribution in [3.05, 3.63) is 59.7 Å². The second-order valence-corrected chi connectivity index (χ2v) is 8.66. The Kier molecular flexibility index (Phi) is 8.10. The van der Waals surface area contributed by atoms with Crippen LogP contribution in [0.2, 0.25) is 0 Å². The lowest BCUT2D eigenvalue weighted by molar-refractivity contribution is -0.116. The van der Waals surface area contributed by atoms with Crippen LogP contribution in [0.4, 0.5) is 11.4 Å². The van der Waals surface area contributed by atoms with E-state index in [2.05, 4.69) is 29.4 Å². The molecule has 1 atom stereocenters. The highest BCUT2D eigenvalue weighted by molar-refractivity contribution is 6.02. The fourth-order valence-corrected chi connectivity index (χ4v) is 3.98. The molecule has 1 saturated heterocycles. The molecule has 1 heterocycles. The first kappa shape index (κ1) is 22.9. The van der Waals surface area contributed by atoms with Gasteiger partial charge in [-0.15, -0.1) is 0 Å².